The molecule has 0 saturated heterocycles. The summed E-state index contributed by atoms with van der Waals surface area (Å²) >= 11 is 0. The molecule has 0 bridgehead atoms. The van der Waals surface area contributed by atoms with E-state index in [-0.39, 0.29) is 6.54 Å². The first-order valence-corrected chi connectivity index (χ1v) is 6.52. The van der Waals surface area contributed by atoms with Gasteiger partial charge < -0.3 is 5.32 Å². The molecule has 0 saturated carbocycles. The zero-order chi connectivity index (χ0) is 14.8. The maximum atomic E-state index is 13.8. The first kappa shape index (κ1) is 15.0. The molecule has 0 aliphatic rings. The Labute approximate surface area is 107 Å². The normalized spacial score (nSPS) is 11.1. The van der Waals surface area contributed by atoms with Crippen molar-refractivity contribution in [2.45, 2.75) is 11.8 Å². The first-order chi connectivity index (χ1) is 8.68. The number of amides is 1. The molecule has 104 valence electrons. The molecular formula is C9H10FN3O5S. The van der Waals surface area contributed by atoms with Gasteiger partial charge in [-0.05, 0) is 6.92 Å². The highest BCUT2D eigenvalue weighted by atomic mass is 32.2. The van der Waals surface area contributed by atoms with Gasteiger partial charge in [0.1, 0.15) is 4.90 Å². The zero-order valence-corrected chi connectivity index (χ0v) is 10.5. The average molecular weight is 291 g/mol. The van der Waals surface area contributed by atoms with Gasteiger partial charge in [-0.2, -0.15) is 0 Å². The maximum absolute atomic E-state index is 13.8. The molecule has 0 spiro atoms. The molecule has 0 aliphatic carbocycles. The fourth-order valence-electron chi connectivity index (χ4n) is 1.32. The van der Waals surface area contributed by atoms with Gasteiger partial charge in [0.15, 0.2) is 5.82 Å². The van der Waals surface area contributed by atoms with Crippen molar-refractivity contribution in [1.29, 1.82) is 0 Å². The minimum absolute atomic E-state index is 0.145. The van der Waals surface area contributed by atoms with Crippen LogP contribution in [0.2, 0.25) is 0 Å². The van der Waals surface area contributed by atoms with E-state index in [9.17, 15) is 27.7 Å². The van der Waals surface area contributed by atoms with E-state index >= 15 is 0 Å². The minimum atomic E-state index is -4.52. The predicted molar refractivity (Wildman–Crippen MR) is 62.4 cm³/mol. The Bertz CT molecular complexity index is 644. The van der Waals surface area contributed by atoms with Crippen molar-refractivity contribution in [3.8, 4) is 0 Å². The Morgan fingerprint density at radius 2 is 2.11 bits per heavy atom. The number of benzene rings is 1. The van der Waals surface area contributed by atoms with Crippen molar-refractivity contribution >= 4 is 21.6 Å². The van der Waals surface area contributed by atoms with Crippen molar-refractivity contribution in [2.24, 2.45) is 5.14 Å². The summed E-state index contributed by atoms with van der Waals surface area (Å²) < 4.78 is 36.1. The molecule has 1 aromatic rings. The second-order valence-corrected chi connectivity index (χ2v) is 5.00. The number of nitro benzene ring substituents is 1. The average Bonchev–Trinajstić information content (AvgIpc) is 2.27. The number of carbonyl (C=O) groups is 1. The van der Waals surface area contributed by atoms with Gasteiger partial charge in [0.25, 0.3) is 11.6 Å². The minimum Gasteiger partial charge on any atom is -0.352 e. The molecule has 19 heavy (non-hydrogen) atoms. The maximum Gasteiger partial charge on any atom is 0.271 e. The molecule has 0 unspecified atom stereocenters. The van der Waals surface area contributed by atoms with E-state index in [0.717, 1.165) is 0 Å². The summed E-state index contributed by atoms with van der Waals surface area (Å²) in [5.41, 5.74) is -1.49. The Hall–Kier alpha value is -2.07. The fraction of sp³-hybridized carbons (Fsp3) is 0.222. The van der Waals surface area contributed by atoms with Crippen molar-refractivity contribution in [1.82, 2.24) is 5.32 Å². The molecule has 1 aromatic carbocycles. The highest BCUT2D eigenvalue weighted by Gasteiger charge is 2.26. The molecule has 1 amide bonds. The van der Waals surface area contributed by atoms with Crippen LogP contribution in [0.25, 0.3) is 0 Å². The number of nitrogens with two attached hydrogens (primary N) is 1. The lowest BCUT2D eigenvalue weighted by atomic mass is 10.1. The Morgan fingerprint density at radius 1 is 1.53 bits per heavy atom. The van der Waals surface area contributed by atoms with Crippen LogP contribution in [0.3, 0.4) is 0 Å². The third-order valence-corrected chi connectivity index (χ3v) is 3.03. The number of hydrogen-bond donors (Lipinski definition) is 2. The summed E-state index contributed by atoms with van der Waals surface area (Å²) in [4.78, 5) is 20.1. The molecule has 8 nitrogen and oxygen atoms in total. The third kappa shape index (κ3) is 3.23. The quantitative estimate of drug-likeness (QED) is 0.601. The number of hydrogen-bond acceptors (Lipinski definition) is 5. The summed E-state index contributed by atoms with van der Waals surface area (Å²) in [6.45, 7) is 1.69. The first-order valence-electron chi connectivity index (χ1n) is 4.97. The van der Waals surface area contributed by atoms with Crippen molar-refractivity contribution in [3.05, 3.63) is 33.6 Å². The van der Waals surface area contributed by atoms with Crippen molar-refractivity contribution < 1.29 is 22.5 Å². The summed E-state index contributed by atoms with van der Waals surface area (Å²) in [6, 6.07) is 1.11. The van der Waals surface area contributed by atoms with Crippen LogP contribution in [0.5, 0.6) is 0 Å². The van der Waals surface area contributed by atoms with Gasteiger partial charge in [-0.1, -0.05) is 0 Å². The Balaban J connectivity index is 3.60. The second-order valence-electron chi connectivity index (χ2n) is 3.47. The van der Waals surface area contributed by atoms with Crippen LogP contribution in [0.15, 0.2) is 17.0 Å². The van der Waals surface area contributed by atoms with Gasteiger partial charge >= 0.3 is 0 Å². The number of nitrogens with zero attached hydrogens (tertiary/aromatic N) is 1. The molecule has 0 atom stereocenters. The van der Waals surface area contributed by atoms with E-state index in [2.05, 4.69) is 5.32 Å². The second kappa shape index (κ2) is 5.28. The Morgan fingerprint density at radius 3 is 2.53 bits per heavy atom. The molecule has 0 fully saturated rings. The Kier molecular flexibility index (Phi) is 4.17. The standard InChI is InChI=1S/C9H10FN3O5S/c1-2-12-9(14)6-3-5(13(15)16)4-7(8(6)10)19(11,17)18/h3-4H,2H2,1H3,(H,12,14)(H2,11,17,18). The number of carbonyl (C=O) groups excluding carboxylic acids is 1. The SMILES string of the molecule is CCNC(=O)c1cc([N+](=O)[O-])cc(S(N)(=O)=O)c1F. The van der Waals surface area contributed by atoms with Crippen LogP contribution in [-0.2, 0) is 10.0 Å². The van der Waals surface area contributed by atoms with Crippen molar-refractivity contribution in [2.75, 3.05) is 6.54 Å². The molecule has 0 heterocycles. The van der Waals surface area contributed by atoms with E-state index in [1.54, 1.807) is 6.92 Å². The fourth-order valence-corrected chi connectivity index (χ4v) is 1.96. The topological polar surface area (TPSA) is 132 Å². The van der Waals surface area contributed by atoms with Crippen LogP contribution in [0.4, 0.5) is 10.1 Å². The monoisotopic (exact) mass is 291 g/mol. The van der Waals surface area contributed by atoms with Crippen LogP contribution in [0, 0.1) is 15.9 Å². The molecule has 0 aliphatic heterocycles. The highest BCUT2D eigenvalue weighted by molar-refractivity contribution is 7.89. The van der Waals surface area contributed by atoms with E-state index in [1.807, 2.05) is 0 Å². The van der Waals surface area contributed by atoms with Gasteiger partial charge in [0, 0.05) is 18.7 Å². The summed E-state index contributed by atoms with van der Waals surface area (Å²) in [7, 11) is -4.52. The zero-order valence-electron chi connectivity index (χ0n) is 9.71. The smallest absolute Gasteiger partial charge is 0.271 e. The largest absolute Gasteiger partial charge is 0.352 e. The predicted octanol–water partition coefficient (Wildman–Crippen LogP) is 0.131. The molecule has 1 rings (SSSR count). The van der Waals surface area contributed by atoms with Crippen LogP contribution < -0.4 is 10.5 Å². The van der Waals surface area contributed by atoms with Crippen molar-refractivity contribution in [3.63, 3.8) is 0 Å². The lowest BCUT2D eigenvalue weighted by Crippen LogP contribution is -2.25. The van der Waals surface area contributed by atoms with Crippen LogP contribution in [0.1, 0.15) is 17.3 Å². The van der Waals surface area contributed by atoms with Gasteiger partial charge in [0.05, 0.1) is 10.5 Å². The number of non-ortho nitro benzene ring substituents is 1. The third-order valence-electron chi connectivity index (χ3n) is 2.12. The molecule has 3 N–H and O–H groups in total. The summed E-state index contributed by atoms with van der Waals surface area (Å²) in [5.74, 6) is -2.38. The van der Waals surface area contributed by atoms with Gasteiger partial charge in [0.2, 0.25) is 10.0 Å². The van der Waals surface area contributed by atoms with Crippen LogP contribution in [-0.4, -0.2) is 25.8 Å². The number of nitro groups is 1. The number of halogens is 1. The number of primary sulfonamides is 1. The van der Waals surface area contributed by atoms with Crippen LogP contribution >= 0.6 is 0 Å². The van der Waals surface area contributed by atoms with Gasteiger partial charge in [-0.25, -0.2) is 17.9 Å². The van der Waals surface area contributed by atoms with E-state index in [1.165, 1.54) is 0 Å². The highest BCUT2D eigenvalue weighted by Crippen LogP contribution is 2.24. The summed E-state index contributed by atoms with van der Waals surface area (Å²) in [6.07, 6.45) is 0. The number of nitrogens with one attached hydrogen (secondary N) is 1. The molecule has 0 radical (unpaired) electrons. The van der Waals surface area contributed by atoms with Gasteiger partial charge in [-0.3, -0.25) is 14.9 Å². The molecular weight excluding hydrogens is 281 g/mol. The lowest BCUT2D eigenvalue weighted by Gasteiger charge is -2.07. The van der Waals surface area contributed by atoms with Gasteiger partial charge in [-0.15, -0.1) is 0 Å². The summed E-state index contributed by atoms with van der Waals surface area (Å²) in [5, 5.41) is 17.6. The lowest BCUT2D eigenvalue weighted by molar-refractivity contribution is -0.385. The molecule has 10 heteroatoms. The number of sulfonamides is 1. The number of rotatable bonds is 4. The van der Waals surface area contributed by atoms with E-state index in [4.69, 9.17) is 5.14 Å². The van der Waals surface area contributed by atoms with E-state index in [0.29, 0.717) is 12.1 Å². The van der Waals surface area contributed by atoms with E-state index < -0.39 is 42.8 Å². The molecule has 0 aromatic heterocycles.